The summed E-state index contributed by atoms with van der Waals surface area (Å²) in [6.07, 6.45) is 3.68. The molecular formula is C11H12BrN3. The van der Waals surface area contributed by atoms with Crippen LogP contribution in [0.3, 0.4) is 0 Å². The summed E-state index contributed by atoms with van der Waals surface area (Å²) in [7, 11) is 0. The number of hydrogen-bond donors (Lipinski definition) is 1. The lowest BCUT2D eigenvalue weighted by Gasteiger charge is -2.08. The molecule has 0 radical (unpaired) electrons. The summed E-state index contributed by atoms with van der Waals surface area (Å²) < 4.78 is 3.11. The molecule has 0 spiro atoms. The Balaban J connectivity index is 2.50. The van der Waals surface area contributed by atoms with Crippen LogP contribution in [-0.2, 0) is 6.54 Å². The van der Waals surface area contributed by atoms with Gasteiger partial charge >= 0.3 is 0 Å². The van der Waals surface area contributed by atoms with Crippen molar-refractivity contribution in [1.29, 1.82) is 0 Å². The van der Waals surface area contributed by atoms with E-state index >= 15 is 0 Å². The summed E-state index contributed by atoms with van der Waals surface area (Å²) in [6.45, 7) is 2.51. The van der Waals surface area contributed by atoms with Gasteiger partial charge in [0.15, 0.2) is 0 Å². The quantitative estimate of drug-likeness (QED) is 0.907. The van der Waals surface area contributed by atoms with E-state index in [9.17, 15) is 0 Å². The zero-order valence-corrected chi connectivity index (χ0v) is 10.0. The number of rotatable bonds is 2. The Morgan fingerprint density at radius 2 is 2.27 bits per heavy atom. The fourth-order valence-corrected chi connectivity index (χ4v) is 1.75. The van der Waals surface area contributed by atoms with Crippen molar-refractivity contribution in [2.45, 2.75) is 13.5 Å². The summed E-state index contributed by atoms with van der Waals surface area (Å²) in [4.78, 5) is 4.19. The number of aromatic nitrogens is 2. The third-order valence-corrected chi connectivity index (χ3v) is 3.21. The third-order valence-electron chi connectivity index (χ3n) is 2.32. The lowest BCUT2D eigenvalue weighted by atomic mass is 10.2. The molecule has 2 N–H and O–H groups in total. The lowest BCUT2D eigenvalue weighted by molar-refractivity contribution is 0.867. The summed E-state index contributed by atoms with van der Waals surface area (Å²) >= 11 is 3.48. The van der Waals surface area contributed by atoms with Crippen molar-refractivity contribution in [3.8, 4) is 5.69 Å². The molecule has 78 valence electrons. The first-order valence-corrected chi connectivity index (χ1v) is 5.50. The third kappa shape index (κ3) is 1.96. The van der Waals surface area contributed by atoms with Gasteiger partial charge in [-0.25, -0.2) is 4.98 Å². The molecule has 2 rings (SSSR count). The Morgan fingerprint density at radius 1 is 1.47 bits per heavy atom. The predicted molar refractivity (Wildman–Crippen MR) is 63.9 cm³/mol. The molecule has 0 aliphatic carbocycles. The first-order chi connectivity index (χ1) is 7.22. The smallest absolute Gasteiger partial charge is 0.126 e. The minimum atomic E-state index is 0.447. The van der Waals surface area contributed by atoms with E-state index in [-0.39, 0.29) is 0 Å². The number of nitrogens with zero attached hydrogens (tertiary/aromatic N) is 2. The van der Waals surface area contributed by atoms with E-state index in [2.05, 4.69) is 33.9 Å². The van der Waals surface area contributed by atoms with Gasteiger partial charge in [-0.2, -0.15) is 0 Å². The highest BCUT2D eigenvalue weighted by molar-refractivity contribution is 9.10. The molecule has 2 aromatic rings. The standard InChI is InChI=1S/C11H12BrN3/c1-8-6-9(2-3-10(8)12)15-5-4-14-11(15)7-13/h2-6H,7,13H2,1H3. The molecule has 0 unspecified atom stereocenters. The Bertz CT molecular complexity index is 476. The number of imidazole rings is 1. The van der Waals surface area contributed by atoms with Crippen LogP contribution in [0.1, 0.15) is 11.4 Å². The molecule has 0 bridgehead atoms. The number of halogens is 1. The summed E-state index contributed by atoms with van der Waals surface area (Å²) in [5, 5.41) is 0. The van der Waals surface area contributed by atoms with Crippen LogP contribution < -0.4 is 5.73 Å². The fourth-order valence-electron chi connectivity index (χ4n) is 1.50. The van der Waals surface area contributed by atoms with E-state index < -0.39 is 0 Å². The maximum Gasteiger partial charge on any atom is 0.126 e. The van der Waals surface area contributed by atoms with Crippen molar-refractivity contribution in [2.24, 2.45) is 5.73 Å². The van der Waals surface area contributed by atoms with Crippen LogP contribution in [0.4, 0.5) is 0 Å². The first kappa shape index (κ1) is 10.4. The van der Waals surface area contributed by atoms with Gasteiger partial charge in [-0.1, -0.05) is 15.9 Å². The first-order valence-electron chi connectivity index (χ1n) is 4.71. The highest BCUT2D eigenvalue weighted by atomic mass is 79.9. The van der Waals surface area contributed by atoms with Gasteiger partial charge in [0.2, 0.25) is 0 Å². The van der Waals surface area contributed by atoms with E-state index in [1.807, 2.05) is 22.9 Å². The normalized spacial score (nSPS) is 10.6. The molecule has 1 heterocycles. The van der Waals surface area contributed by atoms with E-state index in [0.29, 0.717) is 6.54 Å². The minimum absolute atomic E-state index is 0.447. The number of hydrogen-bond acceptors (Lipinski definition) is 2. The predicted octanol–water partition coefficient (Wildman–Crippen LogP) is 2.40. The second-order valence-electron chi connectivity index (χ2n) is 3.35. The van der Waals surface area contributed by atoms with Crippen LogP contribution in [0.15, 0.2) is 35.1 Å². The molecule has 1 aromatic heterocycles. The minimum Gasteiger partial charge on any atom is -0.324 e. The van der Waals surface area contributed by atoms with Crippen molar-refractivity contribution in [3.05, 3.63) is 46.5 Å². The van der Waals surface area contributed by atoms with Gasteiger partial charge in [0.05, 0.1) is 6.54 Å². The molecule has 0 amide bonds. The van der Waals surface area contributed by atoms with Crippen molar-refractivity contribution in [1.82, 2.24) is 9.55 Å². The van der Waals surface area contributed by atoms with Crippen LogP contribution in [-0.4, -0.2) is 9.55 Å². The second-order valence-corrected chi connectivity index (χ2v) is 4.21. The fraction of sp³-hybridized carbons (Fsp3) is 0.182. The molecule has 4 heteroatoms. The molecule has 1 aromatic carbocycles. The maximum absolute atomic E-state index is 5.61. The topological polar surface area (TPSA) is 43.8 Å². The maximum atomic E-state index is 5.61. The average molecular weight is 266 g/mol. The van der Waals surface area contributed by atoms with Crippen molar-refractivity contribution >= 4 is 15.9 Å². The van der Waals surface area contributed by atoms with Crippen LogP contribution in [0.2, 0.25) is 0 Å². The Morgan fingerprint density at radius 3 is 2.93 bits per heavy atom. The van der Waals surface area contributed by atoms with Gasteiger partial charge in [0, 0.05) is 22.6 Å². The van der Waals surface area contributed by atoms with Crippen LogP contribution in [0, 0.1) is 6.92 Å². The van der Waals surface area contributed by atoms with E-state index in [0.717, 1.165) is 16.0 Å². The largest absolute Gasteiger partial charge is 0.324 e. The Labute approximate surface area is 97.1 Å². The molecule has 0 fully saturated rings. The van der Waals surface area contributed by atoms with Crippen molar-refractivity contribution in [3.63, 3.8) is 0 Å². The van der Waals surface area contributed by atoms with Gasteiger partial charge in [0.25, 0.3) is 0 Å². The molecule has 0 atom stereocenters. The molecule has 0 aliphatic rings. The molecule has 0 saturated carbocycles. The molecular weight excluding hydrogens is 254 g/mol. The Hall–Kier alpha value is -1.13. The van der Waals surface area contributed by atoms with Gasteiger partial charge < -0.3 is 10.3 Å². The summed E-state index contributed by atoms with van der Waals surface area (Å²) in [6, 6.07) is 6.17. The van der Waals surface area contributed by atoms with Crippen molar-refractivity contribution < 1.29 is 0 Å². The summed E-state index contributed by atoms with van der Waals surface area (Å²) in [5.41, 5.74) is 7.90. The van der Waals surface area contributed by atoms with Crippen LogP contribution >= 0.6 is 15.9 Å². The summed E-state index contributed by atoms with van der Waals surface area (Å²) in [5.74, 6) is 0.872. The molecule has 0 saturated heterocycles. The highest BCUT2D eigenvalue weighted by Gasteiger charge is 2.04. The highest BCUT2D eigenvalue weighted by Crippen LogP contribution is 2.20. The number of benzene rings is 1. The average Bonchev–Trinajstić information content (AvgIpc) is 2.70. The van der Waals surface area contributed by atoms with Gasteiger partial charge in [-0.05, 0) is 30.7 Å². The Kier molecular flexibility index (Phi) is 2.88. The lowest BCUT2D eigenvalue weighted by Crippen LogP contribution is -2.06. The van der Waals surface area contributed by atoms with Gasteiger partial charge in [0.1, 0.15) is 5.82 Å². The van der Waals surface area contributed by atoms with E-state index in [1.165, 1.54) is 5.56 Å². The zero-order valence-electron chi connectivity index (χ0n) is 8.44. The number of nitrogens with two attached hydrogens (primary N) is 1. The molecule has 3 nitrogen and oxygen atoms in total. The van der Waals surface area contributed by atoms with Crippen LogP contribution in [0.25, 0.3) is 5.69 Å². The van der Waals surface area contributed by atoms with E-state index in [4.69, 9.17) is 5.73 Å². The van der Waals surface area contributed by atoms with E-state index in [1.54, 1.807) is 6.20 Å². The molecule has 15 heavy (non-hydrogen) atoms. The van der Waals surface area contributed by atoms with Gasteiger partial charge in [-0.3, -0.25) is 0 Å². The van der Waals surface area contributed by atoms with Crippen LogP contribution in [0.5, 0.6) is 0 Å². The monoisotopic (exact) mass is 265 g/mol. The van der Waals surface area contributed by atoms with Crippen molar-refractivity contribution in [2.75, 3.05) is 0 Å². The second kappa shape index (κ2) is 4.16. The van der Waals surface area contributed by atoms with Gasteiger partial charge in [-0.15, -0.1) is 0 Å². The number of aryl methyl sites for hydroxylation is 1. The zero-order chi connectivity index (χ0) is 10.8. The molecule has 0 aliphatic heterocycles. The SMILES string of the molecule is Cc1cc(-n2ccnc2CN)ccc1Br.